The summed E-state index contributed by atoms with van der Waals surface area (Å²) in [4.78, 5) is 25.2. The number of carbonyl (C=O) groups excluding carboxylic acids is 1. The second kappa shape index (κ2) is 11.3. The molecule has 0 spiro atoms. The number of anilines is 2. The van der Waals surface area contributed by atoms with Crippen molar-refractivity contribution in [3.63, 3.8) is 0 Å². The SMILES string of the molecule is COc1ccc2ncc(-c3ccc(Oc4ncc(NC(=O)Nc5cc(C(F)(F)F)ccc5-n5cc(C)nn5)cn4)cc3)n2n1. The van der Waals surface area contributed by atoms with Gasteiger partial charge in [0.25, 0.3) is 0 Å². The number of hydrogen-bond donors (Lipinski definition) is 2. The summed E-state index contributed by atoms with van der Waals surface area (Å²) in [6, 6.07) is 12.7. The molecule has 0 atom stereocenters. The number of aromatic nitrogens is 8. The van der Waals surface area contributed by atoms with Crippen molar-refractivity contribution in [3.05, 3.63) is 90.6 Å². The average Bonchev–Trinajstić information content (AvgIpc) is 3.64. The van der Waals surface area contributed by atoms with Crippen LogP contribution in [0.4, 0.5) is 29.3 Å². The molecular weight excluding hydrogens is 581 g/mol. The molecule has 2 amide bonds. The highest BCUT2D eigenvalue weighted by molar-refractivity contribution is 6.00. The molecule has 0 aliphatic carbocycles. The van der Waals surface area contributed by atoms with Crippen molar-refractivity contribution in [2.24, 2.45) is 0 Å². The molecule has 0 fully saturated rings. The molecule has 0 saturated heterocycles. The van der Waals surface area contributed by atoms with Crippen LogP contribution in [0, 0.1) is 6.92 Å². The molecule has 13 nitrogen and oxygen atoms in total. The Hall–Kier alpha value is -6.06. The maximum Gasteiger partial charge on any atom is 0.416 e. The largest absolute Gasteiger partial charge is 0.480 e. The van der Waals surface area contributed by atoms with E-state index in [4.69, 9.17) is 9.47 Å². The molecule has 0 aliphatic rings. The predicted molar refractivity (Wildman–Crippen MR) is 151 cm³/mol. The fourth-order valence-corrected chi connectivity index (χ4v) is 4.16. The standard InChI is InChI=1S/C28H21F3N10O3/c1-16-15-40(39-37-16)22-8-5-18(28(29,30)31)11-21(22)36-26(42)35-19-12-33-27(34-13-19)44-20-6-3-17(4-7-20)23-14-32-24-9-10-25(43-2)38-41(23)24/h3-15H,1-2H3,(H2,35,36,42). The molecule has 222 valence electrons. The van der Waals surface area contributed by atoms with Gasteiger partial charge in [-0.1, -0.05) is 5.21 Å². The maximum absolute atomic E-state index is 13.3. The van der Waals surface area contributed by atoms with Gasteiger partial charge in [0, 0.05) is 11.6 Å². The molecule has 2 aromatic carbocycles. The number of ether oxygens (including phenoxy) is 2. The maximum atomic E-state index is 13.3. The van der Waals surface area contributed by atoms with Gasteiger partial charge in [-0.25, -0.2) is 28.9 Å². The highest BCUT2D eigenvalue weighted by Gasteiger charge is 2.31. The smallest absolute Gasteiger partial charge is 0.416 e. The first-order valence-electron chi connectivity index (χ1n) is 12.8. The Morgan fingerprint density at radius 1 is 0.932 bits per heavy atom. The van der Waals surface area contributed by atoms with Gasteiger partial charge in [0.05, 0.1) is 65.9 Å². The molecule has 2 N–H and O–H groups in total. The monoisotopic (exact) mass is 602 g/mol. The number of fused-ring (bicyclic) bond motifs is 1. The van der Waals surface area contributed by atoms with Crippen LogP contribution in [0.3, 0.4) is 0 Å². The second-order valence-corrected chi connectivity index (χ2v) is 9.28. The van der Waals surface area contributed by atoms with Gasteiger partial charge in [-0.05, 0) is 55.5 Å². The van der Waals surface area contributed by atoms with Crippen molar-refractivity contribution in [2.75, 3.05) is 17.7 Å². The first kappa shape index (κ1) is 28.1. The number of nitrogens with zero attached hydrogens (tertiary/aromatic N) is 8. The number of halogens is 3. The number of carbonyl (C=O) groups is 1. The van der Waals surface area contributed by atoms with E-state index in [9.17, 15) is 18.0 Å². The third-order valence-electron chi connectivity index (χ3n) is 6.22. The van der Waals surface area contributed by atoms with E-state index in [0.29, 0.717) is 23.0 Å². The third kappa shape index (κ3) is 5.94. The Morgan fingerprint density at radius 3 is 2.39 bits per heavy atom. The predicted octanol–water partition coefficient (Wildman–Crippen LogP) is 5.54. The van der Waals surface area contributed by atoms with Gasteiger partial charge in [-0.15, -0.1) is 10.2 Å². The Kier molecular flexibility index (Phi) is 7.22. The third-order valence-corrected chi connectivity index (χ3v) is 6.22. The van der Waals surface area contributed by atoms with Gasteiger partial charge in [0.1, 0.15) is 5.75 Å². The van der Waals surface area contributed by atoms with Crippen LogP contribution in [0.25, 0.3) is 22.6 Å². The number of methoxy groups -OCH3 is 1. The number of alkyl halides is 3. The van der Waals surface area contributed by atoms with E-state index in [2.05, 4.69) is 41.0 Å². The lowest BCUT2D eigenvalue weighted by Crippen LogP contribution is -2.21. The van der Waals surface area contributed by atoms with Crippen LogP contribution in [0.2, 0.25) is 0 Å². The van der Waals surface area contributed by atoms with Crippen molar-refractivity contribution in [3.8, 4) is 34.6 Å². The number of amides is 2. The van der Waals surface area contributed by atoms with E-state index in [0.717, 1.165) is 23.4 Å². The highest BCUT2D eigenvalue weighted by Crippen LogP contribution is 2.33. The summed E-state index contributed by atoms with van der Waals surface area (Å²) in [5, 5.41) is 17.0. The zero-order chi connectivity index (χ0) is 30.8. The van der Waals surface area contributed by atoms with Crippen LogP contribution >= 0.6 is 0 Å². The number of rotatable bonds is 7. The van der Waals surface area contributed by atoms with Crippen LogP contribution in [0.5, 0.6) is 17.6 Å². The Bertz CT molecular complexity index is 1960. The molecule has 0 radical (unpaired) electrons. The summed E-state index contributed by atoms with van der Waals surface area (Å²) in [5.41, 5.74) is 2.08. The first-order valence-corrected chi connectivity index (χ1v) is 12.8. The zero-order valence-electron chi connectivity index (χ0n) is 22.9. The topological polar surface area (TPSA) is 146 Å². The summed E-state index contributed by atoms with van der Waals surface area (Å²) in [7, 11) is 1.54. The van der Waals surface area contributed by atoms with Crippen molar-refractivity contribution in [1.82, 2.24) is 39.6 Å². The van der Waals surface area contributed by atoms with Crippen LogP contribution in [-0.4, -0.2) is 52.7 Å². The summed E-state index contributed by atoms with van der Waals surface area (Å²) in [6.07, 6.45) is 1.18. The summed E-state index contributed by atoms with van der Waals surface area (Å²) >= 11 is 0. The summed E-state index contributed by atoms with van der Waals surface area (Å²) in [6.45, 7) is 1.68. The summed E-state index contributed by atoms with van der Waals surface area (Å²) < 4.78 is 53.9. The van der Waals surface area contributed by atoms with Crippen molar-refractivity contribution in [1.29, 1.82) is 0 Å². The fraction of sp³-hybridized carbons (Fsp3) is 0.107. The number of urea groups is 1. The van der Waals surface area contributed by atoms with E-state index in [1.807, 2.05) is 12.1 Å². The minimum Gasteiger partial charge on any atom is -0.480 e. The van der Waals surface area contributed by atoms with Crippen molar-refractivity contribution in [2.45, 2.75) is 13.1 Å². The van der Waals surface area contributed by atoms with Crippen LogP contribution in [0.15, 0.2) is 79.4 Å². The molecule has 4 heterocycles. The van der Waals surface area contributed by atoms with Gasteiger partial charge < -0.3 is 20.1 Å². The number of aryl methyl sites for hydroxylation is 1. The number of nitrogens with one attached hydrogen (secondary N) is 2. The normalized spacial score (nSPS) is 11.4. The van der Waals surface area contributed by atoms with E-state index < -0.39 is 17.8 Å². The van der Waals surface area contributed by atoms with E-state index in [1.54, 1.807) is 41.9 Å². The molecule has 4 aromatic heterocycles. The van der Waals surface area contributed by atoms with Crippen LogP contribution in [0.1, 0.15) is 11.3 Å². The molecule has 0 unspecified atom stereocenters. The molecule has 6 aromatic rings. The van der Waals surface area contributed by atoms with Gasteiger partial charge in [0.15, 0.2) is 5.65 Å². The van der Waals surface area contributed by atoms with Crippen molar-refractivity contribution >= 4 is 23.1 Å². The molecule has 0 aliphatic heterocycles. The van der Waals surface area contributed by atoms with Crippen LogP contribution < -0.4 is 20.1 Å². The molecule has 16 heteroatoms. The zero-order valence-corrected chi connectivity index (χ0v) is 22.9. The highest BCUT2D eigenvalue weighted by atomic mass is 19.4. The van der Waals surface area contributed by atoms with Crippen molar-refractivity contribution < 1.29 is 27.4 Å². The number of benzene rings is 2. The van der Waals surface area contributed by atoms with Gasteiger partial charge in [0.2, 0.25) is 5.88 Å². The minimum absolute atomic E-state index is 0.00614. The Labute approximate surface area is 246 Å². The van der Waals surface area contributed by atoms with Gasteiger partial charge >= 0.3 is 18.2 Å². The lowest BCUT2D eigenvalue weighted by atomic mass is 10.1. The van der Waals surface area contributed by atoms with E-state index in [-0.39, 0.29) is 23.1 Å². The summed E-state index contributed by atoms with van der Waals surface area (Å²) in [5.74, 6) is 0.901. The van der Waals surface area contributed by atoms with E-state index in [1.165, 1.54) is 36.4 Å². The first-order chi connectivity index (χ1) is 21.2. The molecule has 0 bridgehead atoms. The number of imidazole rings is 1. The average molecular weight is 603 g/mol. The number of hydrogen-bond acceptors (Lipinski definition) is 9. The van der Waals surface area contributed by atoms with Crippen LogP contribution in [-0.2, 0) is 6.18 Å². The van der Waals surface area contributed by atoms with Gasteiger partial charge in [-0.3, -0.25) is 0 Å². The van der Waals surface area contributed by atoms with E-state index >= 15 is 0 Å². The molecular formula is C28H21F3N10O3. The Morgan fingerprint density at radius 2 is 1.70 bits per heavy atom. The fourth-order valence-electron chi connectivity index (χ4n) is 4.16. The molecule has 6 rings (SSSR count). The lowest BCUT2D eigenvalue weighted by molar-refractivity contribution is -0.137. The minimum atomic E-state index is -4.62. The van der Waals surface area contributed by atoms with Gasteiger partial charge in [-0.2, -0.15) is 13.2 Å². The lowest BCUT2D eigenvalue weighted by Gasteiger charge is -2.15. The Balaban J connectivity index is 1.12. The quantitative estimate of drug-likeness (QED) is 0.240. The second-order valence-electron chi connectivity index (χ2n) is 9.28. The molecule has 44 heavy (non-hydrogen) atoms. The molecule has 0 saturated carbocycles.